The molecule has 7 nitrogen and oxygen atoms in total. The highest BCUT2D eigenvalue weighted by molar-refractivity contribution is 5.94. The van der Waals surface area contributed by atoms with E-state index in [2.05, 4.69) is 21.9 Å². The van der Waals surface area contributed by atoms with E-state index < -0.39 is 5.82 Å². The van der Waals surface area contributed by atoms with Gasteiger partial charge in [-0.25, -0.2) is 4.39 Å². The summed E-state index contributed by atoms with van der Waals surface area (Å²) in [4.78, 5) is 38.4. The first-order valence-electron chi connectivity index (χ1n) is 9.28. The number of hydrogen-bond donors (Lipinski definition) is 3. The first kappa shape index (κ1) is 19.8. The second-order valence-electron chi connectivity index (χ2n) is 7.05. The van der Waals surface area contributed by atoms with Crippen molar-refractivity contribution in [1.82, 2.24) is 20.9 Å². The maximum atomic E-state index is 13.3. The number of terminal acetylenes is 1. The van der Waals surface area contributed by atoms with Gasteiger partial charge in [-0.1, -0.05) is 12.0 Å². The van der Waals surface area contributed by atoms with E-state index in [1.807, 2.05) is 4.90 Å². The van der Waals surface area contributed by atoms with Crippen molar-refractivity contribution in [3.63, 3.8) is 0 Å². The first-order valence-corrected chi connectivity index (χ1v) is 9.28. The molecule has 2 fully saturated rings. The fourth-order valence-corrected chi connectivity index (χ4v) is 3.78. The largest absolute Gasteiger partial charge is 0.353 e. The van der Waals surface area contributed by atoms with Crippen LogP contribution in [-0.2, 0) is 9.59 Å². The third-order valence-electron chi connectivity index (χ3n) is 5.14. The number of halogens is 1. The van der Waals surface area contributed by atoms with Crippen LogP contribution in [0.2, 0.25) is 0 Å². The summed E-state index contributed by atoms with van der Waals surface area (Å²) in [5, 5.41) is 8.39. The zero-order chi connectivity index (χ0) is 20.1. The SMILES string of the molecule is C#CCNC(=O)CC[C@@H]1CNC(=O)[C@@H]2C[C@H](NC(=O)c3cccc(F)c3)CN12. The summed E-state index contributed by atoms with van der Waals surface area (Å²) in [6, 6.07) is 4.94. The number of nitrogens with zero attached hydrogens (tertiary/aromatic N) is 1. The molecule has 1 aromatic rings. The summed E-state index contributed by atoms with van der Waals surface area (Å²) >= 11 is 0. The number of hydrogen-bond acceptors (Lipinski definition) is 4. The van der Waals surface area contributed by atoms with E-state index in [9.17, 15) is 18.8 Å². The highest BCUT2D eigenvalue weighted by Gasteiger charge is 2.43. The number of piperazine rings is 1. The molecular formula is C20H23FN4O3. The minimum atomic E-state index is -0.473. The number of amides is 3. The summed E-state index contributed by atoms with van der Waals surface area (Å²) in [6.45, 7) is 1.17. The molecular weight excluding hydrogens is 363 g/mol. The summed E-state index contributed by atoms with van der Waals surface area (Å²) < 4.78 is 13.3. The van der Waals surface area contributed by atoms with Crippen molar-refractivity contribution >= 4 is 17.7 Å². The van der Waals surface area contributed by atoms with Crippen LogP contribution in [0.25, 0.3) is 0 Å². The van der Waals surface area contributed by atoms with Crippen LogP contribution >= 0.6 is 0 Å². The molecule has 2 heterocycles. The lowest BCUT2D eigenvalue weighted by atomic mass is 10.0. The maximum absolute atomic E-state index is 13.3. The van der Waals surface area contributed by atoms with E-state index in [0.29, 0.717) is 32.4 Å². The van der Waals surface area contributed by atoms with Crippen molar-refractivity contribution in [3.05, 3.63) is 35.6 Å². The number of carbonyl (C=O) groups is 3. The Hall–Kier alpha value is -2.92. The highest BCUT2D eigenvalue weighted by atomic mass is 19.1. The monoisotopic (exact) mass is 386 g/mol. The number of benzene rings is 1. The summed E-state index contributed by atoms with van der Waals surface area (Å²) in [5.41, 5.74) is 0.246. The van der Waals surface area contributed by atoms with Gasteiger partial charge in [-0.05, 0) is 31.0 Å². The molecule has 2 saturated heterocycles. The molecule has 2 aliphatic heterocycles. The normalized spacial score (nSPS) is 24.0. The second-order valence-corrected chi connectivity index (χ2v) is 7.05. The Morgan fingerprint density at radius 1 is 1.39 bits per heavy atom. The topological polar surface area (TPSA) is 90.5 Å². The van der Waals surface area contributed by atoms with Crippen molar-refractivity contribution in [2.24, 2.45) is 0 Å². The fourth-order valence-electron chi connectivity index (χ4n) is 3.78. The predicted octanol–water partition coefficient (Wildman–Crippen LogP) is 0.0264. The van der Waals surface area contributed by atoms with Crippen LogP contribution in [0.3, 0.4) is 0 Å². The van der Waals surface area contributed by atoms with Crippen molar-refractivity contribution in [1.29, 1.82) is 0 Å². The summed E-state index contributed by atoms with van der Waals surface area (Å²) in [6.07, 6.45) is 6.50. The molecule has 0 spiro atoms. The number of carbonyl (C=O) groups excluding carboxylic acids is 3. The Labute approximate surface area is 163 Å². The van der Waals surface area contributed by atoms with Gasteiger partial charge in [0.15, 0.2) is 0 Å². The van der Waals surface area contributed by atoms with Gasteiger partial charge in [0, 0.05) is 37.2 Å². The highest BCUT2D eigenvalue weighted by Crippen LogP contribution is 2.26. The Bertz CT molecular complexity index is 807. The third-order valence-corrected chi connectivity index (χ3v) is 5.14. The zero-order valence-corrected chi connectivity index (χ0v) is 15.4. The van der Waals surface area contributed by atoms with E-state index in [1.54, 1.807) is 6.07 Å². The lowest BCUT2D eigenvalue weighted by Crippen LogP contribution is -2.58. The van der Waals surface area contributed by atoms with Crippen molar-refractivity contribution < 1.29 is 18.8 Å². The molecule has 0 radical (unpaired) electrons. The van der Waals surface area contributed by atoms with E-state index in [0.717, 1.165) is 0 Å². The van der Waals surface area contributed by atoms with Crippen molar-refractivity contribution in [3.8, 4) is 12.3 Å². The van der Waals surface area contributed by atoms with Crippen LogP contribution in [0.1, 0.15) is 29.6 Å². The van der Waals surface area contributed by atoms with E-state index in [-0.39, 0.29) is 48.0 Å². The molecule has 148 valence electrons. The smallest absolute Gasteiger partial charge is 0.251 e. The van der Waals surface area contributed by atoms with Crippen LogP contribution in [0.15, 0.2) is 24.3 Å². The van der Waals surface area contributed by atoms with Gasteiger partial charge in [0.1, 0.15) is 5.82 Å². The van der Waals surface area contributed by atoms with Crippen LogP contribution < -0.4 is 16.0 Å². The number of nitrogens with one attached hydrogen (secondary N) is 3. The Balaban J connectivity index is 1.58. The lowest BCUT2D eigenvalue weighted by molar-refractivity contribution is -0.129. The Kier molecular flexibility index (Phi) is 6.26. The van der Waals surface area contributed by atoms with Gasteiger partial charge >= 0.3 is 0 Å². The van der Waals surface area contributed by atoms with Crippen LogP contribution in [0.4, 0.5) is 4.39 Å². The van der Waals surface area contributed by atoms with E-state index >= 15 is 0 Å². The minimum Gasteiger partial charge on any atom is -0.353 e. The van der Waals surface area contributed by atoms with E-state index in [1.165, 1.54) is 18.2 Å². The van der Waals surface area contributed by atoms with Crippen molar-refractivity contribution in [2.45, 2.75) is 37.4 Å². The molecule has 0 saturated carbocycles. The summed E-state index contributed by atoms with van der Waals surface area (Å²) in [7, 11) is 0. The first-order chi connectivity index (χ1) is 13.5. The summed E-state index contributed by atoms with van der Waals surface area (Å²) in [5.74, 6) is 1.32. The molecule has 1 aromatic carbocycles. The number of fused-ring (bicyclic) bond motifs is 1. The molecule has 28 heavy (non-hydrogen) atoms. The Morgan fingerprint density at radius 2 is 2.21 bits per heavy atom. The van der Waals surface area contributed by atoms with Gasteiger partial charge < -0.3 is 16.0 Å². The zero-order valence-electron chi connectivity index (χ0n) is 15.4. The average Bonchev–Trinajstić information content (AvgIpc) is 3.10. The molecule has 3 N–H and O–H groups in total. The van der Waals surface area contributed by atoms with Crippen LogP contribution in [0.5, 0.6) is 0 Å². The third kappa shape index (κ3) is 4.67. The maximum Gasteiger partial charge on any atom is 0.251 e. The van der Waals surface area contributed by atoms with Crippen LogP contribution in [-0.4, -0.2) is 60.4 Å². The molecule has 0 unspecified atom stereocenters. The quantitative estimate of drug-likeness (QED) is 0.602. The molecule has 3 amide bonds. The van der Waals surface area contributed by atoms with Gasteiger partial charge in [0.2, 0.25) is 11.8 Å². The standard InChI is InChI=1S/C20H23FN4O3/c1-2-8-22-18(26)7-6-16-11-23-20(28)17-10-15(12-25(16)17)24-19(27)13-4-3-5-14(21)9-13/h1,3-5,9,15-17H,6-8,10-12H2,(H,22,26)(H,23,28)(H,24,27)/t15-,16+,17-/m0/s1. The molecule has 8 heteroatoms. The molecule has 3 atom stereocenters. The molecule has 0 aromatic heterocycles. The fraction of sp³-hybridized carbons (Fsp3) is 0.450. The van der Waals surface area contributed by atoms with Crippen molar-refractivity contribution in [2.75, 3.05) is 19.6 Å². The Morgan fingerprint density at radius 3 is 2.96 bits per heavy atom. The molecule has 0 aliphatic carbocycles. The second kappa shape index (κ2) is 8.85. The minimum absolute atomic E-state index is 0.00959. The predicted molar refractivity (Wildman–Crippen MR) is 101 cm³/mol. The van der Waals surface area contributed by atoms with Gasteiger partial charge in [0.25, 0.3) is 5.91 Å². The molecule has 2 aliphatic rings. The van der Waals surface area contributed by atoms with Gasteiger partial charge in [-0.15, -0.1) is 6.42 Å². The van der Waals surface area contributed by atoms with Crippen LogP contribution in [0, 0.1) is 18.2 Å². The van der Waals surface area contributed by atoms with Gasteiger partial charge in [-0.2, -0.15) is 0 Å². The van der Waals surface area contributed by atoms with Gasteiger partial charge in [-0.3, -0.25) is 19.3 Å². The lowest BCUT2D eigenvalue weighted by Gasteiger charge is -2.37. The molecule has 3 rings (SSSR count). The van der Waals surface area contributed by atoms with E-state index in [4.69, 9.17) is 6.42 Å². The van der Waals surface area contributed by atoms with Gasteiger partial charge in [0.05, 0.1) is 12.6 Å². The molecule has 0 bridgehead atoms. The number of rotatable bonds is 6. The average molecular weight is 386 g/mol.